The summed E-state index contributed by atoms with van der Waals surface area (Å²) in [4.78, 5) is 48.5. The molecule has 39 heavy (non-hydrogen) atoms. The number of carbonyl (C=O) groups is 3. The number of nitrogens with one attached hydrogen (secondary N) is 1. The van der Waals surface area contributed by atoms with Gasteiger partial charge in [0.2, 0.25) is 11.8 Å². The second-order valence-electron chi connectivity index (χ2n) is 10.2. The summed E-state index contributed by atoms with van der Waals surface area (Å²) in [5, 5.41) is 3.08. The lowest BCUT2D eigenvalue weighted by Gasteiger charge is -2.45. The van der Waals surface area contributed by atoms with Gasteiger partial charge in [-0.3, -0.25) is 24.3 Å². The molecular formula is C31H35N5O3. The number of likely N-dealkylation sites (tertiary alicyclic amines) is 1. The van der Waals surface area contributed by atoms with Crippen molar-refractivity contribution in [2.75, 3.05) is 39.3 Å². The van der Waals surface area contributed by atoms with E-state index < -0.39 is 0 Å². The summed E-state index contributed by atoms with van der Waals surface area (Å²) in [5.74, 6) is -0.192. The molecule has 0 unspecified atom stereocenters. The van der Waals surface area contributed by atoms with Crippen molar-refractivity contribution in [2.45, 2.75) is 31.3 Å². The first kappa shape index (κ1) is 26.6. The van der Waals surface area contributed by atoms with Crippen LogP contribution >= 0.6 is 0 Å². The molecule has 3 amide bonds. The summed E-state index contributed by atoms with van der Waals surface area (Å²) >= 11 is 0. The molecule has 3 heterocycles. The van der Waals surface area contributed by atoms with E-state index in [0.717, 1.165) is 24.0 Å². The number of benzene rings is 2. The largest absolute Gasteiger partial charge is 0.353 e. The number of amides is 3. The van der Waals surface area contributed by atoms with Crippen LogP contribution in [0.2, 0.25) is 0 Å². The Morgan fingerprint density at radius 2 is 1.62 bits per heavy atom. The molecule has 0 spiro atoms. The summed E-state index contributed by atoms with van der Waals surface area (Å²) in [6.45, 7) is 2.74. The van der Waals surface area contributed by atoms with Gasteiger partial charge in [0.1, 0.15) is 0 Å². The van der Waals surface area contributed by atoms with Crippen molar-refractivity contribution < 1.29 is 14.4 Å². The van der Waals surface area contributed by atoms with Crippen molar-refractivity contribution >= 4 is 17.7 Å². The van der Waals surface area contributed by atoms with Crippen molar-refractivity contribution in [2.24, 2.45) is 0 Å². The number of carbonyl (C=O) groups excluding carboxylic acids is 3. The Morgan fingerprint density at radius 1 is 0.897 bits per heavy atom. The molecule has 202 valence electrons. The Bertz CT molecular complexity index is 1220. The summed E-state index contributed by atoms with van der Waals surface area (Å²) in [6.07, 6.45) is 5.57. The fourth-order valence-corrected chi connectivity index (χ4v) is 5.58. The van der Waals surface area contributed by atoms with Crippen LogP contribution < -0.4 is 5.32 Å². The number of pyridine rings is 1. The Kier molecular flexibility index (Phi) is 8.63. The highest BCUT2D eigenvalue weighted by atomic mass is 16.2. The van der Waals surface area contributed by atoms with Gasteiger partial charge in [0.15, 0.2) is 0 Å². The first-order valence-electron chi connectivity index (χ1n) is 13.7. The van der Waals surface area contributed by atoms with Gasteiger partial charge in [-0.1, -0.05) is 60.7 Å². The molecule has 2 saturated heterocycles. The van der Waals surface area contributed by atoms with E-state index in [0.29, 0.717) is 44.7 Å². The molecule has 2 fully saturated rings. The second kappa shape index (κ2) is 12.7. The summed E-state index contributed by atoms with van der Waals surface area (Å²) < 4.78 is 0. The van der Waals surface area contributed by atoms with Gasteiger partial charge in [0.05, 0.1) is 18.2 Å². The molecule has 0 saturated carbocycles. The summed E-state index contributed by atoms with van der Waals surface area (Å²) in [7, 11) is 0. The zero-order valence-electron chi connectivity index (χ0n) is 22.1. The fraction of sp³-hybridized carbons (Fsp3) is 0.355. The molecule has 1 atom stereocenters. The van der Waals surface area contributed by atoms with E-state index in [1.54, 1.807) is 29.4 Å². The van der Waals surface area contributed by atoms with E-state index in [1.165, 1.54) is 0 Å². The number of hydrogen-bond acceptors (Lipinski definition) is 5. The van der Waals surface area contributed by atoms with Crippen LogP contribution in [0.1, 0.15) is 46.8 Å². The quantitative estimate of drug-likeness (QED) is 0.489. The van der Waals surface area contributed by atoms with Crippen molar-refractivity contribution in [3.63, 3.8) is 0 Å². The van der Waals surface area contributed by atoms with Gasteiger partial charge in [-0.15, -0.1) is 0 Å². The van der Waals surface area contributed by atoms with Gasteiger partial charge in [-0.05, 0) is 36.1 Å². The molecule has 2 aliphatic rings. The number of nitrogens with zero attached hydrogens (tertiary/aromatic N) is 4. The van der Waals surface area contributed by atoms with Crippen molar-refractivity contribution in [3.8, 4) is 0 Å². The van der Waals surface area contributed by atoms with E-state index in [1.807, 2.05) is 41.3 Å². The molecule has 2 aliphatic heterocycles. The van der Waals surface area contributed by atoms with Crippen LogP contribution in [0.25, 0.3) is 0 Å². The maximum atomic E-state index is 13.3. The molecule has 3 aromatic rings. The monoisotopic (exact) mass is 525 g/mol. The standard InChI is InChI=1S/C31H35N5O3/c37-28(23-34-17-8-7-15-29(34)38)33-21-27-22-35(31(39)26-14-9-16-32-20-26)18-19-36(27)30(24-10-3-1-4-11-24)25-12-5-2-6-13-25/h1-6,9-14,16,20,27,30H,7-8,15,17-19,21-23H2,(H,33,37)/t27-/m1/s1. The minimum absolute atomic E-state index is 0.0337. The van der Waals surface area contributed by atoms with E-state index in [9.17, 15) is 14.4 Å². The Morgan fingerprint density at radius 3 is 2.26 bits per heavy atom. The van der Waals surface area contributed by atoms with E-state index in [2.05, 4.69) is 39.5 Å². The topological polar surface area (TPSA) is 85.8 Å². The molecule has 8 nitrogen and oxygen atoms in total. The highest BCUT2D eigenvalue weighted by Crippen LogP contribution is 2.32. The molecule has 8 heteroatoms. The summed E-state index contributed by atoms with van der Waals surface area (Å²) in [6, 6.07) is 24.1. The predicted octanol–water partition coefficient (Wildman–Crippen LogP) is 3.13. The van der Waals surface area contributed by atoms with Gasteiger partial charge in [0.25, 0.3) is 5.91 Å². The normalized spacial score (nSPS) is 18.3. The van der Waals surface area contributed by atoms with E-state index in [4.69, 9.17) is 0 Å². The van der Waals surface area contributed by atoms with Gasteiger partial charge in [-0.25, -0.2) is 0 Å². The zero-order valence-corrected chi connectivity index (χ0v) is 22.1. The minimum atomic E-state index is -0.170. The first-order valence-corrected chi connectivity index (χ1v) is 13.7. The van der Waals surface area contributed by atoms with E-state index >= 15 is 0 Å². The highest BCUT2D eigenvalue weighted by molar-refractivity contribution is 5.94. The van der Waals surface area contributed by atoms with Crippen molar-refractivity contribution in [1.29, 1.82) is 0 Å². The molecule has 1 N–H and O–H groups in total. The number of piperazine rings is 1. The third-order valence-corrected chi connectivity index (χ3v) is 7.58. The lowest BCUT2D eigenvalue weighted by molar-refractivity contribution is -0.137. The number of hydrogen-bond donors (Lipinski definition) is 1. The molecule has 0 bridgehead atoms. The van der Waals surface area contributed by atoms with Gasteiger partial charge in [0, 0.05) is 57.6 Å². The maximum absolute atomic E-state index is 13.3. The van der Waals surface area contributed by atoms with Gasteiger partial charge >= 0.3 is 0 Å². The molecule has 0 radical (unpaired) electrons. The van der Waals surface area contributed by atoms with Crippen LogP contribution in [-0.4, -0.2) is 82.7 Å². The highest BCUT2D eigenvalue weighted by Gasteiger charge is 2.36. The maximum Gasteiger partial charge on any atom is 0.255 e. The van der Waals surface area contributed by atoms with Crippen LogP contribution in [0, 0.1) is 0 Å². The Hall–Kier alpha value is -4.04. The van der Waals surface area contributed by atoms with Crippen LogP contribution in [0.5, 0.6) is 0 Å². The number of piperidine rings is 1. The smallest absolute Gasteiger partial charge is 0.255 e. The third kappa shape index (κ3) is 6.52. The number of rotatable bonds is 8. The summed E-state index contributed by atoms with van der Waals surface area (Å²) in [5.41, 5.74) is 2.87. The lowest BCUT2D eigenvalue weighted by Crippen LogP contribution is -2.59. The van der Waals surface area contributed by atoms with Gasteiger partial charge in [-0.2, -0.15) is 0 Å². The average molecular weight is 526 g/mol. The molecule has 1 aromatic heterocycles. The zero-order chi connectivity index (χ0) is 27.0. The van der Waals surface area contributed by atoms with Crippen LogP contribution in [-0.2, 0) is 9.59 Å². The molecule has 2 aromatic carbocycles. The van der Waals surface area contributed by atoms with Crippen LogP contribution in [0.3, 0.4) is 0 Å². The third-order valence-electron chi connectivity index (χ3n) is 7.58. The fourth-order valence-electron chi connectivity index (χ4n) is 5.58. The lowest BCUT2D eigenvalue weighted by atomic mass is 9.94. The SMILES string of the molecule is O=C(CN1CCCCC1=O)NC[C@@H]1CN(C(=O)c2cccnc2)CCN1C(c1ccccc1)c1ccccc1. The molecular weight excluding hydrogens is 490 g/mol. The molecule has 0 aliphatic carbocycles. The minimum Gasteiger partial charge on any atom is -0.353 e. The average Bonchev–Trinajstić information content (AvgIpc) is 2.99. The van der Waals surface area contributed by atoms with Crippen LogP contribution in [0.15, 0.2) is 85.2 Å². The van der Waals surface area contributed by atoms with Gasteiger partial charge < -0.3 is 15.1 Å². The van der Waals surface area contributed by atoms with Crippen molar-refractivity contribution in [1.82, 2.24) is 25.0 Å². The predicted molar refractivity (Wildman–Crippen MR) is 149 cm³/mol. The number of aromatic nitrogens is 1. The van der Waals surface area contributed by atoms with E-state index in [-0.39, 0.29) is 36.3 Å². The Labute approximate surface area is 229 Å². The first-order chi connectivity index (χ1) is 19.1. The second-order valence-corrected chi connectivity index (χ2v) is 10.2. The molecule has 5 rings (SSSR count). The Balaban J connectivity index is 1.38. The van der Waals surface area contributed by atoms with Crippen LogP contribution in [0.4, 0.5) is 0 Å². The van der Waals surface area contributed by atoms with Crippen molar-refractivity contribution in [3.05, 3.63) is 102 Å².